The van der Waals surface area contributed by atoms with Gasteiger partial charge in [-0.25, -0.2) is 0 Å². The molecular weight excluding hydrogens is 236 g/mol. The fourth-order valence-electron chi connectivity index (χ4n) is 2.01. The second-order valence-electron chi connectivity index (χ2n) is 4.43. The lowest BCUT2D eigenvalue weighted by molar-refractivity contribution is 0.202. The molecule has 1 N–H and O–H groups in total. The van der Waals surface area contributed by atoms with Crippen LogP contribution in [0.5, 0.6) is 0 Å². The fraction of sp³-hybridized carbons (Fsp3) is 0.312. The van der Waals surface area contributed by atoms with E-state index in [-0.39, 0.29) is 0 Å². The lowest BCUT2D eigenvalue weighted by Gasteiger charge is -2.11. The second-order valence-corrected chi connectivity index (χ2v) is 4.43. The quantitative estimate of drug-likeness (QED) is 0.827. The molecule has 100 valence electrons. The summed E-state index contributed by atoms with van der Waals surface area (Å²) in [6.45, 7) is 1.68. The van der Waals surface area contributed by atoms with E-state index in [1.54, 1.807) is 7.11 Å². The van der Waals surface area contributed by atoms with Crippen LogP contribution in [-0.4, -0.2) is 25.2 Å². The minimum Gasteiger partial charge on any atom is -0.384 e. The maximum atomic E-state index is 5.14. The van der Waals surface area contributed by atoms with Crippen LogP contribution in [0.15, 0.2) is 48.8 Å². The van der Waals surface area contributed by atoms with Crippen molar-refractivity contribution < 1.29 is 4.74 Å². The molecule has 0 saturated carbocycles. The van der Waals surface area contributed by atoms with Gasteiger partial charge in [0.2, 0.25) is 0 Å². The van der Waals surface area contributed by atoms with Crippen LogP contribution in [0.25, 0.3) is 0 Å². The molecule has 0 radical (unpaired) electrons. The van der Waals surface area contributed by atoms with Gasteiger partial charge in [0.05, 0.1) is 6.61 Å². The molecule has 0 fully saturated rings. The Hall–Kier alpha value is -1.87. The lowest BCUT2D eigenvalue weighted by Crippen LogP contribution is -2.08. The first-order valence-electron chi connectivity index (χ1n) is 6.60. The van der Waals surface area contributed by atoms with E-state index < -0.39 is 0 Å². The van der Waals surface area contributed by atoms with Crippen molar-refractivity contribution in [1.82, 2.24) is 4.98 Å². The summed E-state index contributed by atoms with van der Waals surface area (Å²) in [6.07, 6.45) is 5.61. The monoisotopic (exact) mass is 256 g/mol. The molecule has 2 rings (SSSR count). The van der Waals surface area contributed by atoms with Crippen LogP contribution in [-0.2, 0) is 17.6 Å². The van der Waals surface area contributed by atoms with Gasteiger partial charge >= 0.3 is 0 Å². The highest BCUT2D eigenvalue weighted by atomic mass is 16.5. The van der Waals surface area contributed by atoms with E-state index >= 15 is 0 Å². The molecule has 0 bridgehead atoms. The van der Waals surface area contributed by atoms with Crippen LogP contribution in [0.4, 0.5) is 5.69 Å². The van der Waals surface area contributed by atoms with Crippen molar-refractivity contribution in [3.05, 3.63) is 59.9 Å². The van der Waals surface area contributed by atoms with Crippen molar-refractivity contribution in [3.63, 3.8) is 0 Å². The van der Waals surface area contributed by atoms with E-state index in [1.165, 1.54) is 16.8 Å². The van der Waals surface area contributed by atoms with Gasteiger partial charge in [-0.3, -0.25) is 4.98 Å². The maximum absolute atomic E-state index is 5.14. The number of benzene rings is 1. The molecule has 0 saturated heterocycles. The number of nitrogens with zero attached hydrogens (tertiary/aromatic N) is 1. The van der Waals surface area contributed by atoms with Gasteiger partial charge in [0.15, 0.2) is 0 Å². The Bertz CT molecular complexity index is 485. The van der Waals surface area contributed by atoms with Crippen LogP contribution in [0, 0.1) is 0 Å². The first kappa shape index (κ1) is 13.6. The molecule has 1 aromatic heterocycles. The number of rotatable bonds is 7. The summed E-state index contributed by atoms with van der Waals surface area (Å²) in [5.74, 6) is 0. The van der Waals surface area contributed by atoms with Crippen molar-refractivity contribution >= 4 is 5.69 Å². The van der Waals surface area contributed by atoms with Gasteiger partial charge in [-0.05, 0) is 42.2 Å². The molecule has 19 heavy (non-hydrogen) atoms. The Labute approximate surface area is 114 Å². The first-order valence-corrected chi connectivity index (χ1v) is 6.60. The molecule has 3 nitrogen and oxygen atoms in total. The molecule has 0 atom stereocenters. The highest BCUT2D eigenvalue weighted by molar-refractivity contribution is 5.51. The SMILES string of the molecule is COCCc1ccccc1NCCc1ccncc1. The largest absolute Gasteiger partial charge is 0.384 e. The van der Waals surface area contributed by atoms with Gasteiger partial charge in [0.1, 0.15) is 0 Å². The van der Waals surface area contributed by atoms with Crippen LogP contribution in [0.3, 0.4) is 0 Å². The average Bonchev–Trinajstić information content (AvgIpc) is 2.47. The highest BCUT2D eigenvalue weighted by Gasteiger charge is 2.01. The normalized spacial score (nSPS) is 10.4. The van der Waals surface area contributed by atoms with Gasteiger partial charge in [-0.15, -0.1) is 0 Å². The number of ether oxygens (including phenoxy) is 1. The fourth-order valence-corrected chi connectivity index (χ4v) is 2.01. The second kappa shape index (κ2) is 7.54. The number of anilines is 1. The number of hydrogen-bond donors (Lipinski definition) is 1. The van der Waals surface area contributed by atoms with E-state index in [4.69, 9.17) is 4.74 Å². The molecule has 0 unspecified atom stereocenters. The van der Waals surface area contributed by atoms with E-state index in [0.29, 0.717) is 0 Å². The van der Waals surface area contributed by atoms with E-state index in [1.807, 2.05) is 12.4 Å². The van der Waals surface area contributed by atoms with Gasteiger partial charge < -0.3 is 10.1 Å². The Morgan fingerprint density at radius 3 is 2.63 bits per heavy atom. The third kappa shape index (κ3) is 4.38. The molecule has 1 heterocycles. The molecule has 1 aromatic carbocycles. The van der Waals surface area contributed by atoms with Crippen molar-refractivity contribution in [3.8, 4) is 0 Å². The average molecular weight is 256 g/mol. The Balaban J connectivity index is 1.88. The molecule has 0 aliphatic carbocycles. The number of aromatic nitrogens is 1. The summed E-state index contributed by atoms with van der Waals surface area (Å²) < 4.78 is 5.14. The Morgan fingerprint density at radius 2 is 1.84 bits per heavy atom. The predicted molar refractivity (Wildman–Crippen MR) is 78.5 cm³/mol. The van der Waals surface area contributed by atoms with Crippen LogP contribution in [0.1, 0.15) is 11.1 Å². The summed E-state index contributed by atoms with van der Waals surface area (Å²) in [7, 11) is 1.74. The van der Waals surface area contributed by atoms with Crippen molar-refractivity contribution in [2.45, 2.75) is 12.8 Å². The zero-order valence-electron chi connectivity index (χ0n) is 11.3. The van der Waals surface area contributed by atoms with E-state index in [9.17, 15) is 0 Å². The minimum absolute atomic E-state index is 0.753. The highest BCUT2D eigenvalue weighted by Crippen LogP contribution is 2.15. The van der Waals surface area contributed by atoms with Crippen LogP contribution < -0.4 is 5.32 Å². The van der Waals surface area contributed by atoms with Crippen molar-refractivity contribution in [2.24, 2.45) is 0 Å². The molecule has 0 amide bonds. The summed E-state index contributed by atoms with van der Waals surface area (Å²) in [4.78, 5) is 4.03. The molecule has 0 aliphatic rings. The first-order chi connectivity index (χ1) is 9.40. The Morgan fingerprint density at radius 1 is 1.05 bits per heavy atom. The standard InChI is InChI=1S/C16H20N2O/c1-19-13-9-15-4-2-3-5-16(15)18-12-8-14-6-10-17-11-7-14/h2-7,10-11,18H,8-9,12-13H2,1H3. The lowest BCUT2D eigenvalue weighted by atomic mass is 10.1. The van der Waals surface area contributed by atoms with Crippen LogP contribution in [0.2, 0.25) is 0 Å². The number of hydrogen-bond acceptors (Lipinski definition) is 3. The molecule has 0 spiro atoms. The predicted octanol–water partition coefficient (Wildman–Crippen LogP) is 2.93. The molecule has 0 aliphatic heterocycles. The number of pyridine rings is 1. The van der Waals surface area contributed by atoms with Gasteiger partial charge in [0.25, 0.3) is 0 Å². The molecule has 2 aromatic rings. The number of methoxy groups -OCH3 is 1. The molecule has 3 heteroatoms. The molecular formula is C16H20N2O. The smallest absolute Gasteiger partial charge is 0.0503 e. The zero-order chi connectivity index (χ0) is 13.3. The summed E-state index contributed by atoms with van der Waals surface area (Å²) >= 11 is 0. The van der Waals surface area contributed by atoms with Crippen molar-refractivity contribution in [2.75, 3.05) is 25.6 Å². The Kier molecular flexibility index (Phi) is 5.38. The van der Waals surface area contributed by atoms with Gasteiger partial charge in [0, 0.05) is 31.7 Å². The van der Waals surface area contributed by atoms with Gasteiger partial charge in [-0.1, -0.05) is 18.2 Å². The topological polar surface area (TPSA) is 34.1 Å². The third-order valence-electron chi connectivity index (χ3n) is 3.07. The van der Waals surface area contributed by atoms with Crippen LogP contribution >= 0.6 is 0 Å². The zero-order valence-corrected chi connectivity index (χ0v) is 11.3. The van der Waals surface area contributed by atoms with Gasteiger partial charge in [-0.2, -0.15) is 0 Å². The summed E-state index contributed by atoms with van der Waals surface area (Å²) in [5.41, 5.74) is 3.81. The summed E-state index contributed by atoms with van der Waals surface area (Å²) in [5, 5.41) is 3.49. The number of para-hydroxylation sites is 1. The summed E-state index contributed by atoms with van der Waals surface area (Å²) in [6, 6.07) is 12.5. The third-order valence-corrected chi connectivity index (χ3v) is 3.07. The van der Waals surface area contributed by atoms with E-state index in [0.717, 1.165) is 26.0 Å². The minimum atomic E-state index is 0.753. The maximum Gasteiger partial charge on any atom is 0.0503 e. The van der Waals surface area contributed by atoms with E-state index in [2.05, 4.69) is 46.7 Å². The van der Waals surface area contributed by atoms with Crippen molar-refractivity contribution in [1.29, 1.82) is 0 Å². The number of nitrogens with one attached hydrogen (secondary N) is 1.